The quantitative estimate of drug-likeness (QED) is 0.216. The summed E-state index contributed by atoms with van der Waals surface area (Å²) in [5.41, 5.74) is 6.31. The number of hydrogen-bond donors (Lipinski definition) is 2. The Labute approximate surface area is 237 Å². The van der Waals surface area contributed by atoms with E-state index in [0.29, 0.717) is 51.6 Å². The van der Waals surface area contributed by atoms with Gasteiger partial charge < -0.3 is 19.5 Å². The minimum absolute atomic E-state index is 0.118. The van der Waals surface area contributed by atoms with Crippen LogP contribution in [0.3, 0.4) is 0 Å². The van der Waals surface area contributed by atoms with Crippen LogP contribution in [0.15, 0.2) is 66.7 Å². The number of carbonyl (C=O) groups is 2. The number of pyridine rings is 1. The van der Waals surface area contributed by atoms with Crippen molar-refractivity contribution in [2.75, 3.05) is 26.6 Å². The van der Waals surface area contributed by atoms with Crippen LogP contribution in [0.5, 0.6) is 17.2 Å². The van der Waals surface area contributed by atoms with Crippen LogP contribution in [0, 0.1) is 6.92 Å². The predicted molar refractivity (Wildman–Crippen MR) is 157 cm³/mol. The summed E-state index contributed by atoms with van der Waals surface area (Å²) in [5, 5.41) is 10.9. The van der Waals surface area contributed by atoms with Gasteiger partial charge in [0.05, 0.1) is 32.4 Å². The van der Waals surface area contributed by atoms with Crippen LogP contribution in [0.25, 0.3) is 22.3 Å². The maximum Gasteiger partial charge on any atom is 0.255 e. The van der Waals surface area contributed by atoms with Crippen LogP contribution in [-0.4, -0.2) is 48.2 Å². The zero-order valence-electron chi connectivity index (χ0n) is 23.5. The van der Waals surface area contributed by atoms with Crippen molar-refractivity contribution < 1.29 is 23.8 Å². The minimum atomic E-state index is -0.306. The van der Waals surface area contributed by atoms with Gasteiger partial charge in [-0.15, -0.1) is 0 Å². The van der Waals surface area contributed by atoms with Crippen molar-refractivity contribution in [3.05, 3.63) is 94.7 Å². The first-order chi connectivity index (χ1) is 19.8. The van der Waals surface area contributed by atoms with Gasteiger partial charge in [-0.1, -0.05) is 18.2 Å². The van der Waals surface area contributed by atoms with Crippen molar-refractivity contribution in [2.45, 2.75) is 20.3 Å². The van der Waals surface area contributed by atoms with Gasteiger partial charge >= 0.3 is 0 Å². The molecule has 9 nitrogen and oxygen atoms in total. The highest BCUT2D eigenvalue weighted by atomic mass is 16.5. The summed E-state index contributed by atoms with van der Waals surface area (Å²) >= 11 is 0. The van der Waals surface area contributed by atoms with Crippen molar-refractivity contribution in [2.24, 2.45) is 0 Å². The first kappa shape index (κ1) is 27.4. The van der Waals surface area contributed by atoms with E-state index >= 15 is 0 Å². The second kappa shape index (κ2) is 11.5. The van der Waals surface area contributed by atoms with E-state index < -0.39 is 0 Å². The molecule has 0 fully saturated rings. The lowest BCUT2D eigenvalue weighted by Gasteiger charge is -2.13. The van der Waals surface area contributed by atoms with E-state index in [1.807, 2.05) is 55.5 Å². The largest absolute Gasteiger partial charge is 0.497 e. The Morgan fingerprint density at radius 3 is 2.17 bits per heavy atom. The standard InChI is InChI=1S/C32H30N4O5/c1-18-6-9-23(33-32(38)22-13-25(40-4)17-26(14-22)41-5)16-27(18)28-15-21(12-20-7-10-24(39-3)11-8-20)29-30(19(2)37)35-36-31(29)34-28/h6-11,13-17H,12H2,1-5H3,(H,33,38)(H,34,35,36). The van der Waals surface area contributed by atoms with Crippen molar-refractivity contribution in [1.29, 1.82) is 0 Å². The number of aromatic amines is 1. The first-order valence-electron chi connectivity index (χ1n) is 13.0. The van der Waals surface area contributed by atoms with Crippen LogP contribution < -0.4 is 19.5 Å². The molecule has 208 valence electrons. The number of Topliss-reactive ketones (excluding diaryl/α,β-unsaturated/α-hetero) is 1. The number of aromatic nitrogens is 3. The molecule has 0 unspecified atom stereocenters. The van der Waals surface area contributed by atoms with Crippen molar-refractivity contribution in [3.63, 3.8) is 0 Å². The number of nitrogens with zero attached hydrogens (tertiary/aromatic N) is 2. The highest BCUT2D eigenvalue weighted by Crippen LogP contribution is 2.32. The van der Waals surface area contributed by atoms with E-state index in [1.165, 1.54) is 21.1 Å². The average molecular weight is 551 g/mol. The number of amides is 1. The fourth-order valence-corrected chi connectivity index (χ4v) is 4.71. The Balaban J connectivity index is 1.54. The van der Waals surface area contributed by atoms with Gasteiger partial charge in [0.15, 0.2) is 11.4 Å². The van der Waals surface area contributed by atoms with Gasteiger partial charge in [0.1, 0.15) is 22.9 Å². The summed E-state index contributed by atoms with van der Waals surface area (Å²) < 4.78 is 15.9. The molecular weight excluding hydrogens is 520 g/mol. The van der Waals surface area contributed by atoms with Gasteiger partial charge in [-0.2, -0.15) is 5.10 Å². The Morgan fingerprint density at radius 1 is 0.854 bits per heavy atom. The second-order valence-electron chi connectivity index (χ2n) is 9.63. The van der Waals surface area contributed by atoms with Crippen molar-refractivity contribution in [1.82, 2.24) is 15.2 Å². The lowest BCUT2D eigenvalue weighted by molar-refractivity contribution is 0.101. The highest BCUT2D eigenvalue weighted by Gasteiger charge is 2.19. The number of fused-ring (bicyclic) bond motifs is 1. The summed E-state index contributed by atoms with van der Waals surface area (Å²) in [6, 6.07) is 20.4. The molecule has 9 heteroatoms. The van der Waals surface area contributed by atoms with Gasteiger partial charge in [-0.05, 0) is 72.5 Å². The van der Waals surface area contributed by atoms with Gasteiger partial charge in [0.25, 0.3) is 5.91 Å². The number of hydrogen-bond acceptors (Lipinski definition) is 7. The number of carbonyl (C=O) groups excluding carboxylic acids is 2. The zero-order chi connectivity index (χ0) is 29.1. The number of rotatable bonds is 9. The molecule has 0 aliphatic rings. The van der Waals surface area contributed by atoms with Gasteiger partial charge in [0.2, 0.25) is 0 Å². The predicted octanol–water partition coefficient (Wildman–Crippen LogP) is 6.00. The summed E-state index contributed by atoms with van der Waals surface area (Å²) in [6.07, 6.45) is 0.559. The average Bonchev–Trinajstić information content (AvgIpc) is 3.43. The summed E-state index contributed by atoms with van der Waals surface area (Å²) in [4.78, 5) is 30.3. The summed E-state index contributed by atoms with van der Waals surface area (Å²) in [7, 11) is 4.70. The van der Waals surface area contributed by atoms with Crippen molar-refractivity contribution in [3.8, 4) is 28.5 Å². The Morgan fingerprint density at radius 2 is 1.54 bits per heavy atom. The van der Waals surface area contributed by atoms with Crippen LogP contribution >= 0.6 is 0 Å². The minimum Gasteiger partial charge on any atom is -0.497 e. The van der Waals surface area contributed by atoms with Gasteiger partial charge in [0, 0.05) is 29.8 Å². The lowest BCUT2D eigenvalue weighted by Crippen LogP contribution is -2.12. The SMILES string of the molecule is COc1ccc(Cc2cc(-c3cc(NC(=O)c4cc(OC)cc(OC)c4)ccc3C)nc3n[nH]c(C(C)=O)c23)cc1. The molecular formula is C32H30N4O5. The molecule has 0 atom stereocenters. The van der Waals surface area contributed by atoms with Crippen LogP contribution in [0.4, 0.5) is 5.69 Å². The van der Waals surface area contributed by atoms with E-state index in [2.05, 4.69) is 15.5 Å². The maximum absolute atomic E-state index is 13.1. The molecule has 0 radical (unpaired) electrons. The number of ether oxygens (including phenoxy) is 3. The first-order valence-corrected chi connectivity index (χ1v) is 13.0. The molecule has 2 N–H and O–H groups in total. The molecule has 3 aromatic carbocycles. The fourth-order valence-electron chi connectivity index (χ4n) is 4.71. The molecule has 0 bridgehead atoms. The molecule has 0 aliphatic carbocycles. The van der Waals surface area contributed by atoms with E-state index in [0.717, 1.165) is 28.0 Å². The van der Waals surface area contributed by atoms with E-state index in [9.17, 15) is 9.59 Å². The molecule has 5 aromatic rings. The summed E-state index contributed by atoms with van der Waals surface area (Å²) in [6.45, 7) is 3.49. The maximum atomic E-state index is 13.1. The van der Waals surface area contributed by atoms with E-state index in [4.69, 9.17) is 19.2 Å². The third kappa shape index (κ3) is 5.74. The van der Waals surface area contributed by atoms with E-state index in [-0.39, 0.29) is 11.7 Å². The molecule has 0 aliphatic heterocycles. The number of nitrogens with one attached hydrogen (secondary N) is 2. The summed E-state index contributed by atoms with van der Waals surface area (Å²) in [5.74, 6) is 1.38. The van der Waals surface area contributed by atoms with Gasteiger partial charge in [-0.3, -0.25) is 14.7 Å². The molecule has 0 saturated heterocycles. The monoisotopic (exact) mass is 550 g/mol. The van der Waals surface area contributed by atoms with E-state index in [1.54, 1.807) is 25.3 Å². The topological polar surface area (TPSA) is 115 Å². The number of methoxy groups -OCH3 is 3. The zero-order valence-corrected chi connectivity index (χ0v) is 23.5. The number of H-pyrrole nitrogens is 1. The Bertz CT molecular complexity index is 1740. The normalized spacial score (nSPS) is 10.9. The molecule has 0 saturated carbocycles. The fraction of sp³-hybridized carbons (Fsp3) is 0.188. The second-order valence-corrected chi connectivity index (χ2v) is 9.63. The Kier molecular flexibility index (Phi) is 7.69. The molecule has 0 spiro atoms. The third-order valence-electron chi connectivity index (χ3n) is 6.90. The molecule has 1 amide bonds. The van der Waals surface area contributed by atoms with Crippen molar-refractivity contribution >= 4 is 28.4 Å². The number of ketones is 1. The molecule has 2 heterocycles. The lowest BCUT2D eigenvalue weighted by atomic mass is 9.97. The number of aryl methyl sites for hydroxylation is 1. The van der Waals surface area contributed by atoms with Gasteiger partial charge in [-0.25, -0.2) is 4.98 Å². The van der Waals surface area contributed by atoms with Crippen LogP contribution in [0.2, 0.25) is 0 Å². The van der Waals surface area contributed by atoms with Crippen LogP contribution in [0.1, 0.15) is 44.5 Å². The number of benzene rings is 3. The Hall–Kier alpha value is -5.18. The number of anilines is 1. The third-order valence-corrected chi connectivity index (χ3v) is 6.90. The highest BCUT2D eigenvalue weighted by molar-refractivity contribution is 6.06. The molecule has 5 rings (SSSR count). The smallest absolute Gasteiger partial charge is 0.255 e. The molecule has 2 aromatic heterocycles. The van der Waals surface area contributed by atoms with Crippen LogP contribution in [-0.2, 0) is 6.42 Å². The molecule has 41 heavy (non-hydrogen) atoms.